The number of aryl methyl sites for hydroxylation is 1. The third kappa shape index (κ3) is 3.31. The molecule has 5 nitrogen and oxygen atoms in total. The molecule has 148 valence electrons. The molecule has 0 bridgehead atoms. The van der Waals surface area contributed by atoms with Crippen molar-refractivity contribution in [3.05, 3.63) is 84.0 Å². The first-order chi connectivity index (χ1) is 14.7. The number of hydrogen-bond donors (Lipinski definition) is 0. The summed E-state index contributed by atoms with van der Waals surface area (Å²) >= 11 is 1.65. The molecule has 3 heterocycles. The van der Waals surface area contributed by atoms with Gasteiger partial charge in [0.25, 0.3) is 5.89 Å². The molecule has 0 atom stereocenters. The SMILES string of the molecule is COc1ccc(-c2csc(-n3cccc3)c2-c2noc(-c3ccc(C)cc3)n2)cc1. The van der Waals surface area contributed by atoms with E-state index in [1.807, 2.05) is 73.1 Å². The Morgan fingerprint density at radius 3 is 2.33 bits per heavy atom. The molecular weight excluding hydrogens is 394 g/mol. The third-order valence-corrected chi connectivity index (χ3v) is 5.95. The summed E-state index contributed by atoms with van der Waals surface area (Å²) in [7, 11) is 1.67. The highest BCUT2D eigenvalue weighted by molar-refractivity contribution is 7.13. The van der Waals surface area contributed by atoms with Crippen LogP contribution >= 0.6 is 11.3 Å². The van der Waals surface area contributed by atoms with E-state index in [4.69, 9.17) is 14.2 Å². The molecule has 0 aliphatic heterocycles. The Hall–Kier alpha value is -3.64. The molecular formula is C24H19N3O2S. The molecule has 0 saturated heterocycles. The Morgan fingerprint density at radius 2 is 1.63 bits per heavy atom. The maximum Gasteiger partial charge on any atom is 0.258 e. The molecule has 0 aliphatic rings. The molecule has 0 spiro atoms. The molecule has 0 radical (unpaired) electrons. The van der Waals surface area contributed by atoms with Crippen molar-refractivity contribution in [3.63, 3.8) is 0 Å². The fraction of sp³-hybridized carbons (Fsp3) is 0.0833. The molecule has 0 unspecified atom stereocenters. The summed E-state index contributed by atoms with van der Waals surface area (Å²) in [5.74, 6) is 1.90. The first-order valence-corrected chi connectivity index (χ1v) is 10.4. The summed E-state index contributed by atoms with van der Waals surface area (Å²) in [6.45, 7) is 2.05. The normalized spacial score (nSPS) is 11.0. The quantitative estimate of drug-likeness (QED) is 0.342. The van der Waals surface area contributed by atoms with E-state index in [0.717, 1.165) is 33.0 Å². The second kappa shape index (κ2) is 7.65. The van der Waals surface area contributed by atoms with E-state index >= 15 is 0 Å². The molecule has 30 heavy (non-hydrogen) atoms. The molecule has 5 rings (SSSR count). The van der Waals surface area contributed by atoms with Gasteiger partial charge < -0.3 is 13.8 Å². The summed E-state index contributed by atoms with van der Waals surface area (Å²) in [6, 6.07) is 20.1. The van der Waals surface area contributed by atoms with Crippen LogP contribution in [0.5, 0.6) is 5.75 Å². The van der Waals surface area contributed by atoms with Gasteiger partial charge in [-0.2, -0.15) is 4.98 Å². The lowest BCUT2D eigenvalue weighted by atomic mass is 10.0. The lowest BCUT2D eigenvalue weighted by Gasteiger charge is -2.06. The van der Waals surface area contributed by atoms with E-state index in [-0.39, 0.29) is 0 Å². The smallest absolute Gasteiger partial charge is 0.258 e. The fourth-order valence-corrected chi connectivity index (χ4v) is 4.39. The minimum absolute atomic E-state index is 0.510. The van der Waals surface area contributed by atoms with Gasteiger partial charge in [-0.1, -0.05) is 35.0 Å². The number of benzene rings is 2. The summed E-state index contributed by atoms with van der Waals surface area (Å²) in [6.07, 6.45) is 4.04. The van der Waals surface area contributed by atoms with Crippen molar-refractivity contribution in [2.45, 2.75) is 6.92 Å². The van der Waals surface area contributed by atoms with E-state index in [2.05, 4.69) is 22.0 Å². The predicted molar refractivity (Wildman–Crippen MR) is 119 cm³/mol. The van der Waals surface area contributed by atoms with Crippen LogP contribution in [-0.2, 0) is 0 Å². The van der Waals surface area contributed by atoms with Crippen molar-refractivity contribution in [1.82, 2.24) is 14.7 Å². The van der Waals surface area contributed by atoms with Gasteiger partial charge in [-0.05, 0) is 48.9 Å². The van der Waals surface area contributed by atoms with Crippen molar-refractivity contribution in [2.75, 3.05) is 7.11 Å². The number of hydrogen-bond acceptors (Lipinski definition) is 5. The Bertz CT molecular complexity index is 1270. The molecule has 0 amide bonds. The van der Waals surface area contributed by atoms with Crippen LogP contribution in [0.4, 0.5) is 0 Å². The molecule has 0 aliphatic carbocycles. The van der Waals surface area contributed by atoms with E-state index in [1.54, 1.807) is 18.4 Å². The van der Waals surface area contributed by atoms with Gasteiger partial charge in [-0.25, -0.2) is 0 Å². The number of aromatic nitrogens is 3. The highest BCUT2D eigenvalue weighted by Crippen LogP contribution is 2.41. The Kier molecular flexibility index (Phi) is 4.69. The van der Waals surface area contributed by atoms with Gasteiger partial charge in [0.15, 0.2) is 0 Å². The van der Waals surface area contributed by atoms with Gasteiger partial charge >= 0.3 is 0 Å². The number of methoxy groups -OCH3 is 1. The minimum atomic E-state index is 0.510. The van der Waals surface area contributed by atoms with E-state index in [1.165, 1.54) is 5.56 Å². The lowest BCUT2D eigenvalue weighted by molar-refractivity contribution is 0.415. The summed E-state index contributed by atoms with van der Waals surface area (Å²) in [5, 5.41) is 7.51. The highest BCUT2D eigenvalue weighted by atomic mass is 32.1. The summed E-state index contributed by atoms with van der Waals surface area (Å²) in [5.41, 5.74) is 5.17. The zero-order chi connectivity index (χ0) is 20.5. The van der Waals surface area contributed by atoms with Gasteiger partial charge in [0.1, 0.15) is 10.8 Å². The monoisotopic (exact) mass is 413 g/mol. The molecule has 0 N–H and O–H groups in total. The standard InChI is InChI=1S/C24H19N3O2S/c1-16-5-7-18(8-6-16)23-25-22(26-29-23)21-20(17-9-11-19(28-2)12-10-17)15-30-24(21)27-13-3-4-14-27/h3-15H,1-2H3. The predicted octanol–water partition coefficient (Wildman–Crippen LogP) is 6.24. The number of ether oxygens (including phenoxy) is 1. The van der Waals surface area contributed by atoms with E-state index < -0.39 is 0 Å². The van der Waals surface area contributed by atoms with Crippen molar-refractivity contribution in [1.29, 1.82) is 0 Å². The average Bonchev–Trinajstić information content (AvgIpc) is 3.54. The Balaban J connectivity index is 1.64. The van der Waals surface area contributed by atoms with Crippen LogP contribution in [0.1, 0.15) is 5.56 Å². The number of nitrogens with zero attached hydrogens (tertiary/aromatic N) is 3. The average molecular weight is 414 g/mol. The second-order valence-corrected chi connectivity index (χ2v) is 7.80. The van der Waals surface area contributed by atoms with Crippen LogP contribution in [0.3, 0.4) is 0 Å². The summed E-state index contributed by atoms with van der Waals surface area (Å²) < 4.78 is 13.0. The van der Waals surface area contributed by atoms with Crippen LogP contribution < -0.4 is 4.74 Å². The number of rotatable bonds is 5. The van der Waals surface area contributed by atoms with Crippen LogP contribution in [-0.4, -0.2) is 21.8 Å². The molecule has 0 fully saturated rings. The second-order valence-electron chi connectivity index (χ2n) is 6.94. The van der Waals surface area contributed by atoms with Crippen LogP contribution in [0.2, 0.25) is 0 Å². The topological polar surface area (TPSA) is 53.1 Å². The van der Waals surface area contributed by atoms with E-state index in [9.17, 15) is 0 Å². The zero-order valence-electron chi connectivity index (χ0n) is 16.6. The fourth-order valence-electron chi connectivity index (χ4n) is 3.35. The van der Waals surface area contributed by atoms with E-state index in [0.29, 0.717) is 11.7 Å². The van der Waals surface area contributed by atoms with Gasteiger partial charge in [-0.3, -0.25) is 0 Å². The van der Waals surface area contributed by atoms with Crippen molar-refractivity contribution in [2.24, 2.45) is 0 Å². The first kappa shape index (κ1) is 18.4. The summed E-state index contributed by atoms with van der Waals surface area (Å²) in [4.78, 5) is 4.73. The van der Waals surface area contributed by atoms with Crippen LogP contribution in [0.25, 0.3) is 39.0 Å². The van der Waals surface area contributed by atoms with Gasteiger partial charge in [0.2, 0.25) is 5.82 Å². The maximum atomic E-state index is 5.63. The van der Waals surface area contributed by atoms with Gasteiger partial charge in [0.05, 0.1) is 12.7 Å². The van der Waals surface area contributed by atoms with Gasteiger partial charge in [-0.15, -0.1) is 11.3 Å². The molecule has 3 aromatic heterocycles. The van der Waals surface area contributed by atoms with Crippen LogP contribution in [0, 0.1) is 6.92 Å². The first-order valence-electron chi connectivity index (χ1n) is 9.53. The molecule has 5 aromatic rings. The van der Waals surface area contributed by atoms with Gasteiger partial charge in [0, 0.05) is 28.9 Å². The minimum Gasteiger partial charge on any atom is -0.497 e. The lowest BCUT2D eigenvalue weighted by Crippen LogP contribution is -1.92. The molecule has 0 saturated carbocycles. The van der Waals surface area contributed by atoms with Crippen molar-refractivity contribution in [3.8, 4) is 44.7 Å². The molecule has 6 heteroatoms. The largest absolute Gasteiger partial charge is 0.497 e. The zero-order valence-corrected chi connectivity index (χ0v) is 17.4. The van der Waals surface area contributed by atoms with Crippen molar-refractivity contribution >= 4 is 11.3 Å². The van der Waals surface area contributed by atoms with Crippen molar-refractivity contribution < 1.29 is 9.26 Å². The molecule has 2 aromatic carbocycles. The maximum absolute atomic E-state index is 5.63. The Morgan fingerprint density at radius 1 is 0.933 bits per heavy atom. The van der Waals surface area contributed by atoms with Crippen LogP contribution in [0.15, 0.2) is 83.0 Å². The Labute approximate surface area is 178 Å². The highest BCUT2D eigenvalue weighted by Gasteiger charge is 2.22. The number of thiophene rings is 1. The third-order valence-electron chi connectivity index (χ3n) is 4.96.